The Morgan fingerprint density at radius 3 is 2.50 bits per heavy atom. The molecule has 0 aliphatic rings. The van der Waals surface area contributed by atoms with Crippen molar-refractivity contribution in [1.29, 1.82) is 0 Å². The molecule has 1 aromatic carbocycles. The van der Waals surface area contributed by atoms with Crippen LogP contribution < -0.4 is 5.32 Å². The van der Waals surface area contributed by atoms with Gasteiger partial charge in [0, 0.05) is 5.69 Å². The molecule has 18 heavy (non-hydrogen) atoms. The van der Waals surface area contributed by atoms with E-state index in [0.29, 0.717) is 12.5 Å². The minimum absolute atomic E-state index is 0.623. The van der Waals surface area contributed by atoms with E-state index in [1.54, 1.807) is 6.26 Å². The first-order valence-electron chi connectivity index (χ1n) is 6.26. The smallest absolute Gasteiger partial charge is 0.136 e. The molecule has 0 aliphatic heterocycles. The summed E-state index contributed by atoms with van der Waals surface area (Å²) in [5.74, 6) is 1.54. The van der Waals surface area contributed by atoms with Gasteiger partial charge in [0.2, 0.25) is 0 Å². The highest BCUT2D eigenvalue weighted by Crippen LogP contribution is 2.22. The van der Waals surface area contributed by atoms with Gasteiger partial charge in [0.1, 0.15) is 5.76 Å². The summed E-state index contributed by atoms with van der Waals surface area (Å²) in [5, 5.41) is 3.35. The molecule has 0 saturated carbocycles. The summed E-state index contributed by atoms with van der Waals surface area (Å²) in [6, 6.07) is 10.5. The van der Waals surface area contributed by atoms with Crippen LogP contribution in [0.4, 0.5) is 5.69 Å². The number of rotatable bonds is 5. The summed E-state index contributed by atoms with van der Waals surface area (Å²) < 4.78 is 6.36. The van der Waals surface area contributed by atoms with Crippen molar-refractivity contribution in [3.63, 3.8) is 0 Å². The van der Waals surface area contributed by atoms with Gasteiger partial charge in [0.25, 0.3) is 0 Å². The lowest BCUT2D eigenvalue weighted by Gasteiger charge is -2.10. The average molecular weight is 308 g/mol. The van der Waals surface area contributed by atoms with Crippen molar-refractivity contribution in [3.05, 3.63) is 52.4 Å². The fourth-order valence-electron chi connectivity index (χ4n) is 1.80. The van der Waals surface area contributed by atoms with Crippen LogP contribution in [0.2, 0.25) is 0 Å². The largest absolute Gasteiger partial charge is 0.466 e. The number of furan rings is 1. The number of hydrogen-bond donors (Lipinski definition) is 1. The van der Waals surface area contributed by atoms with E-state index in [0.717, 1.165) is 15.9 Å². The quantitative estimate of drug-likeness (QED) is 0.824. The van der Waals surface area contributed by atoms with Crippen LogP contribution in [0, 0.1) is 0 Å². The number of hydrogen-bond acceptors (Lipinski definition) is 2. The molecule has 0 amide bonds. The maximum atomic E-state index is 5.36. The van der Waals surface area contributed by atoms with E-state index in [1.165, 1.54) is 12.0 Å². The zero-order valence-corrected chi connectivity index (χ0v) is 12.3. The second-order valence-electron chi connectivity index (χ2n) is 4.48. The zero-order valence-electron chi connectivity index (χ0n) is 10.7. The highest BCUT2D eigenvalue weighted by molar-refractivity contribution is 9.10. The van der Waals surface area contributed by atoms with Crippen molar-refractivity contribution in [2.24, 2.45) is 0 Å². The zero-order chi connectivity index (χ0) is 13.0. The van der Waals surface area contributed by atoms with E-state index in [9.17, 15) is 0 Å². The van der Waals surface area contributed by atoms with Gasteiger partial charge in [-0.25, -0.2) is 0 Å². The first-order valence-corrected chi connectivity index (χ1v) is 7.05. The fraction of sp³-hybridized carbons (Fsp3) is 0.333. The molecule has 2 aromatic rings. The SMILES string of the molecule is CCC(C)c1ccc(NCc2occc2Br)cc1. The van der Waals surface area contributed by atoms with Gasteiger partial charge < -0.3 is 9.73 Å². The van der Waals surface area contributed by atoms with Crippen LogP contribution in [0.25, 0.3) is 0 Å². The molecule has 0 saturated heterocycles. The van der Waals surface area contributed by atoms with Crippen LogP contribution in [0.15, 0.2) is 45.5 Å². The molecular weight excluding hydrogens is 290 g/mol. The van der Waals surface area contributed by atoms with Gasteiger partial charge >= 0.3 is 0 Å². The molecule has 0 bridgehead atoms. The predicted molar refractivity (Wildman–Crippen MR) is 78.9 cm³/mol. The first-order chi connectivity index (χ1) is 8.70. The van der Waals surface area contributed by atoms with E-state index in [-0.39, 0.29) is 0 Å². The van der Waals surface area contributed by atoms with E-state index in [1.807, 2.05) is 6.07 Å². The van der Waals surface area contributed by atoms with E-state index in [4.69, 9.17) is 4.42 Å². The third-order valence-electron chi connectivity index (χ3n) is 3.24. The maximum absolute atomic E-state index is 5.36. The second-order valence-corrected chi connectivity index (χ2v) is 5.33. The van der Waals surface area contributed by atoms with Crippen LogP contribution in [0.1, 0.15) is 37.5 Å². The normalized spacial score (nSPS) is 12.4. The lowest BCUT2D eigenvalue weighted by Crippen LogP contribution is -1.99. The number of halogens is 1. The molecule has 96 valence electrons. The van der Waals surface area contributed by atoms with Crippen molar-refractivity contribution in [2.45, 2.75) is 32.7 Å². The van der Waals surface area contributed by atoms with Crippen LogP contribution in [-0.2, 0) is 6.54 Å². The molecule has 0 fully saturated rings. The lowest BCUT2D eigenvalue weighted by molar-refractivity contribution is 0.516. The van der Waals surface area contributed by atoms with E-state index < -0.39 is 0 Å². The molecule has 1 unspecified atom stereocenters. The third kappa shape index (κ3) is 3.16. The standard InChI is InChI=1S/C15H18BrNO/c1-3-11(2)12-4-6-13(7-5-12)17-10-15-14(16)8-9-18-15/h4-9,11,17H,3,10H2,1-2H3. The van der Waals surface area contributed by atoms with Crippen LogP contribution in [-0.4, -0.2) is 0 Å². The summed E-state index contributed by atoms with van der Waals surface area (Å²) in [7, 11) is 0. The predicted octanol–water partition coefficient (Wildman–Crippen LogP) is 5.17. The summed E-state index contributed by atoms with van der Waals surface area (Å²) in [5.41, 5.74) is 2.51. The van der Waals surface area contributed by atoms with Crippen molar-refractivity contribution in [2.75, 3.05) is 5.32 Å². The second kappa shape index (κ2) is 6.10. The molecule has 0 radical (unpaired) electrons. The Kier molecular flexibility index (Phi) is 4.48. The Hall–Kier alpha value is -1.22. The van der Waals surface area contributed by atoms with Crippen molar-refractivity contribution < 1.29 is 4.42 Å². The summed E-state index contributed by atoms with van der Waals surface area (Å²) in [4.78, 5) is 0. The Bertz CT molecular complexity index is 489. The molecule has 2 nitrogen and oxygen atoms in total. The van der Waals surface area contributed by atoms with Gasteiger partial charge in [-0.1, -0.05) is 26.0 Å². The summed E-state index contributed by atoms with van der Waals surface area (Å²) in [6.07, 6.45) is 2.86. The van der Waals surface area contributed by atoms with Crippen LogP contribution in [0.5, 0.6) is 0 Å². The Balaban J connectivity index is 1.96. The van der Waals surface area contributed by atoms with Crippen LogP contribution in [0.3, 0.4) is 0 Å². The highest BCUT2D eigenvalue weighted by atomic mass is 79.9. The minimum atomic E-state index is 0.623. The van der Waals surface area contributed by atoms with E-state index in [2.05, 4.69) is 59.4 Å². The lowest BCUT2D eigenvalue weighted by atomic mass is 9.99. The Morgan fingerprint density at radius 1 is 1.22 bits per heavy atom. The molecule has 1 atom stereocenters. The number of benzene rings is 1. The van der Waals surface area contributed by atoms with E-state index >= 15 is 0 Å². The summed E-state index contributed by atoms with van der Waals surface area (Å²) in [6.45, 7) is 5.16. The molecule has 1 N–H and O–H groups in total. The Labute approximate surface area is 117 Å². The monoisotopic (exact) mass is 307 g/mol. The van der Waals surface area contributed by atoms with Gasteiger partial charge in [-0.3, -0.25) is 0 Å². The van der Waals surface area contributed by atoms with Crippen LogP contribution >= 0.6 is 15.9 Å². The molecule has 3 heteroatoms. The van der Waals surface area contributed by atoms with Gasteiger partial charge in [0.05, 0.1) is 17.3 Å². The maximum Gasteiger partial charge on any atom is 0.136 e. The molecule has 2 rings (SSSR count). The Morgan fingerprint density at radius 2 is 1.94 bits per heavy atom. The topological polar surface area (TPSA) is 25.2 Å². The summed E-state index contributed by atoms with van der Waals surface area (Å²) >= 11 is 3.45. The van der Waals surface area contributed by atoms with Gasteiger partial charge in [-0.2, -0.15) is 0 Å². The first kappa shape index (κ1) is 13.2. The molecular formula is C15H18BrNO. The van der Waals surface area contributed by atoms with Gasteiger partial charge in [-0.05, 0) is 52.0 Å². The fourth-order valence-corrected chi connectivity index (χ4v) is 2.14. The molecule has 0 spiro atoms. The highest BCUT2D eigenvalue weighted by Gasteiger charge is 2.04. The van der Waals surface area contributed by atoms with Crippen molar-refractivity contribution in [3.8, 4) is 0 Å². The van der Waals surface area contributed by atoms with Crippen molar-refractivity contribution in [1.82, 2.24) is 0 Å². The average Bonchev–Trinajstić information content (AvgIpc) is 2.81. The third-order valence-corrected chi connectivity index (χ3v) is 3.94. The molecule has 1 aromatic heterocycles. The minimum Gasteiger partial charge on any atom is -0.466 e. The molecule has 0 aliphatic carbocycles. The number of nitrogens with one attached hydrogen (secondary N) is 1. The van der Waals surface area contributed by atoms with Gasteiger partial charge in [0.15, 0.2) is 0 Å². The van der Waals surface area contributed by atoms with Gasteiger partial charge in [-0.15, -0.1) is 0 Å². The molecule has 1 heterocycles. The van der Waals surface area contributed by atoms with Crippen molar-refractivity contribution >= 4 is 21.6 Å². The number of anilines is 1.